The van der Waals surface area contributed by atoms with E-state index in [-0.39, 0.29) is 19.6 Å². The van der Waals surface area contributed by atoms with Crippen molar-refractivity contribution in [3.63, 3.8) is 0 Å². The predicted octanol–water partition coefficient (Wildman–Crippen LogP) is -1.40. The van der Waals surface area contributed by atoms with Crippen molar-refractivity contribution in [3.05, 3.63) is 0 Å². The smallest absolute Gasteiger partial charge is 0.320 e. The van der Waals surface area contributed by atoms with E-state index >= 15 is 0 Å². The molecule has 0 aliphatic rings. The van der Waals surface area contributed by atoms with Crippen LogP contribution in [0.3, 0.4) is 0 Å². The molecule has 0 rings (SSSR count). The minimum absolute atomic E-state index is 0.171. The maximum Gasteiger partial charge on any atom is 0.320 e. The van der Waals surface area contributed by atoms with E-state index < -0.39 is 17.8 Å². The Morgan fingerprint density at radius 1 is 1.06 bits per heavy atom. The van der Waals surface area contributed by atoms with E-state index in [1.165, 1.54) is 4.90 Å². The SMILES string of the molecule is CCCCOC(=O)CN(CC(N)=O)CC(N)=O. The van der Waals surface area contributed by atoms with Crippen LogP contribution in [0.5, 0.6) is 0 Å². The first-order chi connectivity index (χ1) is 7.95. The fourth-order valence-electron chi connectivity index (χ4n) is 1.17. The number of esters is 1. The zero-order chi connectivity index (χ0) is 13.3. The molecule has 98 valence electrons. The molecule has 4 N–H and O–H groups in total. The van der Waals surface area contributed by atoms with Crippen LogP contribution in [0.2, 0.25) is 0 Å². The average Bonchev–Trinajstić information content (AvgIpc) is 2.15. The first kappa shape index (κ1) is 15.4. The predicted molar refractivity (Wildman–Crippen MR) is 60.7 cm³/mol. The Morgan fingerprint density at radius 3 is 2.00 bits per heavy atom. The molecule has 2 amide bonds. The summed E-state index contributed by atoms with van der Waals surface area (Å²) < 4.78 is 4.89. The highest BCUT2D eigenvalue weighted by molar-refractivity contribution is 5.81. The molecular weight excluding hydrogens is 226 g/mol. The lowest BCUT2D eigenvalue weighted by Gasteiger charge is -2.17. The van der Waals surface area contributed by atoms with Crippen molar-refractivity contribution in [1.29, 1.82) is 0 Å². The number of unbranched alkanes of at least 4 members (excludes halogenated alkanes) is 1. The van der Waals surface area contributed by atoms with Crippen molar-refractivity contribution in [2.24, 2.45) is 11.5 Å². The fourth-order valence-corrected chi connectivity index (χ4v) is 1.17. The van der Waals surface area contributed by atoms with Gasteiger partial charge in [0.15, 0.2) is 0 Å². The number of primary amides is 2. The van der Waals surface area contributed by atoms with Crippen LogP contribution < -0.4 is 11.5 Å². The second kappa shape index (κ2) is 8.51. The molecule has 0 saturated heterocycles. The van der Waals surface area contributed by atoms with E-state index in [1.807, 2.05) is 6.92 Å². The Balaban J connectivity index is 4.07. The molecule has 7 heteroatoms. The summed E-state index contributed by atoms with van der Waals surface area (Å²) in [5.41, 5.74) is 9.96. The summed E-state index contributed by atoms with van der Waals surface area (Å²) >= 11 is 0. The molecule has 7 nitrogen and oxygen atoms in total. The molecule has 0 spiro atoms. The summed E-state index contributed by atoms with van der Waals surface area (Å²) in [6.07, 6.45) is 1.69. The first-order valence-electron chi connectivity index (χ1n) is 5.40. The van der Waals surface area contributed by atoms with E-state index in [9.17, 15) is 14.4 Å². The molecule has 0 saturated carbocycles. The first-order valence-corrected chi connectivity index (χ1v) is 5.40. The Morgan fingerprint density at radius 2 is 1.59 bits per heavy atom. The van der Waals surface area contributed by atoms with Crippen molar-refractivity contribution in [1.82, 2.24) is 4.90 Å². The van der Waals surface area contributed by atoms with Crippen LogP contribution in [-0.4, -0.2) is 48.9 Å². The lowest BCUT2D eigenvalue weighted by Crippen LogP contribution is -2.42. The topological polar surface area (TPSA) is 116 Å². The quantitative estimate of drug-likeness (QED) is 0.383. The second-order valence-electron chi connectivity index (χ2n) is 3.65. The number of hydrogen-bond acceptors (Lipinski definition) is 5. The van der Waals surface area contributed by atoms with E-state index in [0.29, 0.717) is 6.61 Å². The van der Waals surface area contributed by atoms with Gasteiger partial charge in [-0.25, -0.2) is 0 Å². The van der Waals surface area contributed by atoms with Crippen molar-refractivity contribution >= 4 is 17.8 Å². The summed E-state index contributed by atoms with van der Waals surface area (Å²) in [5.74, 6) is -1.76. The monoisotopic (exact) mass is 245 g/mol. The van der Waals surface area contributed by atoms with E-state index in [1.54, 1.807) is 0 Å². The van der Waals surface area contributed by atoms with Crippen LogP contribution in [0.1, 0.15) is 19.8 Å². The highest BCUT2D eigenvalue weighted by Crippen LogP contribution is 1.93. The molecular formula is C10H19N3O4. The van der Waals surface area contributed by atoms with Gasteiger partial charge in [-0.3, -0.25) is 19.3 Å². The number of hydrogen-bond donors (Lipinski definition) is 2. The second-order valence-corrected chi connectivity index (χ2v) is 3.65. The molecule has 0 heterocycles. The summed E-state index contributed by atoms with van der Waals surface area (Å²) in [6.45, 7) is 1.73. The lowest BCUT2D eigenvalue weighted by atomic mass is 10.4. The summed E-state index contributed by atoms with van der Waals surface area (Å²) in [7, 11) is 0. The van der Waals surface area contributed by atoms with E-state index in [2.05, 4.69) is 0 Å². The maximum atomic E-state index is 11.3. The molecule has 0 aliphatic carbocycles. The maximum absolute atomic E-state index is 11.3. The third kappa shape index (κ3) is 9.31. The molecule has 0 aromatic rings. The molecule has 0 radical (unpaired) electrons. The van der Waals surface area contributed by atoms with Crippen LogP contribution in [0.15, 0.2) is 0 Å². The normalized spacial score (nSPS) is 10.2. The van der Waals surface area contributed by atoms with E-state index in [4.69, 9.17) is 16.2 Å². The third-order valence-corrected chi connectivity index (χ3v) is 1.87. The van der Waals surface area contributed by atoms with E-state index in [0.717, 1.165) is 12.8 Å². The number of rotatable bonds is 9. The summed E-state index contributed by atoms with van der Waals surface area (Å²) in [6, 6.07) is 0. The Kier molecular flexibility index (Phi) is 7.70. The van der Waals surface area contributed by atoms with Gasteiger partial charge in [0.05, 0.1) is 26.2 Å². The molecule has 0 bridgehead atoms. The molecule has 0 unspecified atom stereocenters. The molecule has 0 aromatic carbocycles. The Bertz CT molecular complexity index is 265. The van der Waals surface area contributed by atoms with Crippen molar-refractivity contribution < 1.29 is 19.1 Å². The lowest BCUT2D eigenvalue weighted by molar-refractivity contribution is -0.145. The van der Waals surface area contributed by atoms with Crippen molar-refractivity contribution in [2.45, 2.75) is 19.8 Å². The number of nitrogens with zero attached hydrogens (tertiary/aromatic N) is 1. The minimum atomic E-state index is -0.632. The third-order valence-electron chi connectivity index (χ3n) is 1.87. The van der Waals surface area contributed by atoms with Crippen LogP contribution in [0.4, 0.5) is 0 Å². The number of nitrogens with two attached hydrogens (primary N) is 2. The fraction of sp³-hybridized carbons (Fsp3) is 0.700. The van der Waals surface area contributed by atoms with Gasteiger partial charge in [0, 0.05) is 0 Å². The number of carbonyl (C=O) groups excluding carboxylic acids is 3. The van der Waals surface area contributed by atoms with Gasteiger partial charge in [-0.15, -0.1) is 0 Å². The largest absolute Gasteiger partial charge is 0.465 e. The van der Waals surface area contributed by atoms with Crippen LogP contribution in [0, 0.1) is 0 Å². The minimum Gasteiger partial charge on any atom is -0.465 e. The van der Waals surface area contributed by atoms with Crippen molar-refractivity contribution in [2.75, 3.05) is 26.2 Å². The van der Waals surface area contributed by atoms with Crippen molar-refractivity contribution in [3.8, 4) is 0 Å². The van der Waals surface area contributed by atoms with Gasteiger partial charge < -0.3 is 16.2 Å². The zero-order valence-corrected chi connectivity index (χ0v) is 9.98. The van der Waals surface area contributed by atoms with Gasteiger partial charge in [0.2, 0.25) is 11.8 Å². The average molecular weight is 245 g/mol. The molecule has 0 atom stereocenters. The van der Waals surface area contributed by atoms with Gasteiger partial charge in [0.1, 0.15) is 0 Å². The standard InChI is InChI=1S/C10H19N3O4/c1-2-3-4-17-10(16)7-13(5-8(11)14)6-9(12)15/h2-7H2,1H3,(H2,11,14)(H2,12,15). The van der Waals surface area contributed by atoms with Gasteiger partial charge in [-0.1, -0.05) is 13.3 Å². The highest BCUT2D eigenvalue weighted by atomic mass is 16.5. The molecule has 0 fully saturated rings. The van der Waals surface area contributed by atoms with Gasteiger partial charge >= 0.3 is 5.97 Å². The molecule has 0 aromatic heterocycles. The highest BCUT2D eigenvalue weighted by Gasteiger charge is 2.15. The van der Waals surface area contributed by atoms with Gasteiger partial charge in [-0.05, 0) is 6.42 Å². The summed E-state index contributed by atoms with van der Waals surface area (Å²) in [5, 5.41) is 0. The Hall–Kier alpha value is -1.63. The Labute approximate surface area is 100 Å². The number of ether oxygens (including phenoxy) is 1. The van der Waals surface area contributed by atoms with Crippen LogP contribution in [0.25, 0.3) is 0 Å². The molecule has 17 heavy (non-hydrogen) atoms. The molecule has 0 aliphatic heterocycles. The zero-order valence-electron chi connectivity index (χ0n) is 9.98. The van der Waals surface area contributed by atoms with Crippen LogP contribution in [-0.2, 0) is 19.1 Å². The van der Waals surface area contributed by atoms with Gasteiger partial charge in [0.25, 0.3) is 0 Å². The summed E-state index contributed by atoms with van der Waals surface area (Å²) in [4.78, 5) is 34.0. The van der Waals surface area contributed by atoms with Gasteiger partial charge in [-0.2, -0.15) is 0 Å². The number of amides is 2. The van der Waals surface area contributed by atoms with Crippen LogP contribution >= 0.6 is 0 Å². The number of carbonyl (C=O) groups is 3.